The Morgan fingerprint density at radius 1 is 1.04 bits per heavy atom. The van der Waals surface area contributed by atoms with Gasteiger partial charge in [-0.15, -0.1) is 0 Å². The molecule has 136 valence electrons. The summed E-state index contributed by atoms with van der Waals surface area (Å²) in [4.78, 5) is 31.9. The van der Waals surface area contributed by atoms with E-state index in [1.807, 2.05) is 41.3 Å². The summed E-state index contributed by atoms with van der Waals surface area (Å²) in [5.74, 6) is -0.0424. The van der Waals surface area contributed by atoms with E-state index in [9.17, 15) is 9.59 Å². The summed E-state index contributed by atoms with van der Waals surface area (Å²) in [6.45, 7) is 5.18. The van der Waals surface area contributed by atoms with Crippen molar-refractivity contribution >= 4 is 17.5 Å². The molecule has 6 nitrogen and oxygen atoms in total. The number of anilines is 1. The fourth-order valence-corrected chi connectivity index (χ4v) is 3.04. The molecular weight excluding hydrogens is 328 g/mol. The molecular formula is C20H24N4O2. The molecule has 6 heteroatoms. The summed E-state index contributed by atoms with van der Waals surface area (Å²) in [5.41, 5.74) is 2.60. The number of amides is 2. The lowest BCUT2D eigenvalue weighted by Gasteiger charge is -2.35. The molecule has 1 aliphatic rings. The maximum absolute atomic E-state index is 12.2. The molecule has 26 heavy (non-hydrogen) atoms. The summed E-state index contributed by atoms with van der Waals surface area (Å²) in [6.07, 6.45) is 2.53. The number of benzene rings is 1. The molecule has 0 bridgehead atoms. The van der Waals surface area contributed by atoms with Crippen LogP contribution >= 0.6 is 0 Å². The molecule has 0 radical (unpaired) electrons. The van der Waals surface area contributed by atoms with Gasteiger partial charge in [-0.1, -0.05) is 30.3 Å². The summed E-state index contributed by atoms with van der Waals surface area (Å²) in [7, 11) is 0. The third-order valence-electron chi connectivity index (χ3n) is 4.61. The van der Waals surface area contributed by atoms with E-state index in [1.165, 1.54) is 5.56 Å². The van der Waals surface area contributed by atoms with Crippen molar-refractivity contribution in [2.45, 2.75) is 13.3 Å². The van der Waals surface area contributed by atoms with Crippen LogP contribution in [0.5, 0.6) is 0 Å². The standard InChI is InChI=1S/C20H24N4O2/c1-16(25)23-11-13-24(14-12-23)18-7-8-19(22-15-18)20(26)21-10-9-17-5-3-2-4-6-17/h2-8,15H,9-14H2,1H3,(H,21,26). The molecule has 2 heterocycles. The number of hydrogen-bond acceptors (Lipinski definition) is 4. The molecule has 1 saturated heterocycles. The van der Waals surface area contributed by atoms with E-state index >= 15 is 0 Å². The minimum Gasteiger partial charge on any atom is -0.367 e. The molecule has 2 amide bonds. The monoisotopic (exact) mass is 352 g/mol. The highest BCUT2D eigenvalue weighted by molar-refractivity contribution is 5.92. The zero-order valence-electron chi connectivity index (χ0n) is 15.0. The summed E-state index contributed by atoms with van der Waals surface area (Å²) in [5, 5.41) is 2.91. The van der Waals surface area contributed by atoms with E-state index in [0.717, 1.165) is 38.3 Å². The number of pyridine rings is 1. The molecule has 0 spiro atoms. The summed E-state index contributed by atoms with van der Waals surface area (Å²) >= 11 is 0. The molecule has 3 rings (SSSR count). The van der Waals surface area contributed by atoms with Gasteiger partial charge in [-0.05, 0) is 24.1 Å². The molecule has 0 saturated carbocycles. The smallest absolute Gasteiger partial charge is 0.269 e. The second kappa shape index (κ2) is 8.47. The average Bonchev–Trinajstić information content (AvgIpc) is 2.69. The Labute approximate surface area is 153 Å². The molecule has 2 aromatic rings. The van der Waals surface area contributed by atoms with Crippen LogP contribution in [-0.2, 0) is 11.2 Å². The van der Waals surface area contributed by atoms with E-state index in [1.54, 1.807) is 19.2 Å². The largest absolute Gasteiger partial charge is 0.367 e. The van der Waals surface area contributed by atoms with Crippen LogP contribution in [0.2, 0.25) is 0 Å². The lowest BCUT2D eigenvalue weighted by atomic mass is 10.1. The number of carbonyl (C=O) groups excluding carboxylic acids is 2. The number of carbonyl (C=O) groups is 2. The predicted molar refractivity (Wildman–Crippen MR) is 101 cm³/mol. The van der Waals surface area contributed by atoms with Crippen LogP contribution in [0, 0.1) is 0 Å². The molecule has 0 aliphatic carbocycles. The predicted octanol–water partition coefficient (Wildman–Crippen LogP) is 1.72. The number of piperazine rings is 1. The normalized spacial score (nSPS) is 14.2. The van der Waals surface area contributed by atoms with Gasteiger partial charge < -0.3 is 15.1 Å². The Bertz CT molecular complexity index is 738. The second-order valence-corrected chi connectivity index (χ2v) is 6.39. The number of rotatable bonds is 5. The van der Waals surface area contributed by atoms with Crippen LogP contribution in [-0.4, -0.2) is 54.4 Å². The third-order valence-corrected chi connectivity index (χ3v) is 4.61. The van der Waals surface area contributed by atoms with Crippen molar-refractivity contribution in [2.75, 3.05) is 37.6 Å². The first kappa shape index (κ1) is 17.9. The van der Waals surface area contributed by atoms with Gasteiger partial charge in [0.25, 0.3) is 5.91 Å². The fourth-order valence-electron chi connectivity index (χ4n) is 3.04. The Kier molecular flexibility index (Phi) is 5.84. The fraction of sp³-hybridized carbons (Fsp3) is 0.350. The second-order valence-electron chi connectivity index (χ2n) is 6.39. The number of nitrogens with zero attached hydrogens (tertiary/aromatic N) is 3. The van der Waals surface area contributed by atoms with Crippen molar-refractivity contribution < 1.29 is 9.59 Å². The highest BCUT2D eigenvalue weighted by Crippen LogP contribution is 2.15. The Balaban J connectivity index is 1.49. The van der Waals surface area contributed by atoms with Gasteiger partial charge in [0.1, 0.15) is 5.69 Å². The Hall–Kier alpha value is -2.89. The highest BCUT2D eigenvalue weighted by Gasteiger charge is 2.19. The van der Waals surface area contributed by atoms with E-state index in [-0.39, 0.29) is 11.8 Å². The van der Waals surface area contributed by atoms with Gasteiger partial charge >= 0.3 is 0 Å². The minimum atomic E-state index is -0.158. The van der Waals surface area contributed by atoms with Crippen molar-refractivity contribution in [1.29, 1.82) is 0 Å². The van der Waals surface area contributed by atoms with Crippen molar-refractivity contribution in [3.63, 3.8) is 0 Å². The molecule has 1 aliphatic heterocycles. The first-order chi connectivity index (χ1) is 12.6. The molecule has 1 aromatic heterocycles. The first-order valence-electron chi connectivity index (χ1n) is 8.92. The van der Waals surface area contributed by atoms with Gasteiger partial charge in [0.15, 0.2) is 0 Å². The molecule has 0 unspecified atom stereocenters. The van der Waals surface area contributed by atoms with Crippen molar-refractivity contribution in [3.05, 3.63) is 59.9 Å². The maximum Gasteiger partial charge on any atom is 0.269 e. The van der Waals surface area contributed by atoms with Gasteiger partial charge in [-0.2, -0.15) is 0 Å². The Morgan fingerprint density at radius 3 is 2.38 bits per heavy atom. The Morgan fingerprint density at radius 2 is 1.77 bits per heavy atom. The topological polar surface area (TPSA) is 65.5 Å². The highest BCUT2D eigenvalue weighted by atomic mass is 16.2. The van der Waals surface area contributed by atoms with Crippen LogP contribution in [0.3, 0.4) is 0 Å². The zero-order chi connectivity index (χ0) is 18.4. The van der Waals surface area contributed by atoms with E-state index in [0.29, 0.717) is 12.2 Å². The molecule has 1 fully saturated rings. The molecule has 0 atom stereocenters. The maximum atomic E-state index is 12.2. The quantitative estimate of drug-likeness (QED) is 0.890. The van der Waals surface area contributed by atoms with Crippen LogP contribution in [0.4, 0.5) is 5.69 Å². The lowest BCUT2D eigenvalue weighted by molar-refractivity contribution is -0.129. The van der Waals surface area contributed by atoms with Crippen LogP contribution in [0.25, 0.3) is 0 Å². The van der Waals surface area contributed by atoms with Crippen LogP contribution in [0.15, 0.2) is 48.7 Å². The van der Waals surface area contributed by atoms with Gasteiger partial charge in [0, 0.05) is 39.6 Å². The number of nitrogens with one attached hydrogen (secondary N) is 1. The SMILES string of the molecule is CC(=O)N1CCN(c2ccc(C(=O)NCCc3ccccc3)nc2)CC1. The zero-order valence-corrected chi connectivity index (χ0v) is 15.0. The summed E-state index contributed by atoms with van der Waals surface area (Å²) < 4.78 is 0. The first-order valence-corrected chi connectivity index (χ1v) is 8.92. The van der Waals surface area contributed by atoms with Crippen molar-refractivity contribution in [3.8, 4) is 0 Å². The number of aromatic nitrogens is 1. The number of hydrogen-bond donors (Lipinski definition) is 1. The van der Waals surface area contributed by atoms with Crippen LogP contribution < -0.4 is 10.2 Å². The lowest BCUT2D eigenvalue weighted by Crippen LogP contribution is -2.48. The van der Waals surface area contributed by atoms with E-state index < -0.39 is 0 Å². The molecule has 1 N–H and O–H groups in total. The summed E-state index contributed by atoms with van der Waals surface area (Å²) in [6, 6.07) is 13.7. The molecule has 1 aromatic carbocycles. The third kappa shape index (κ3) is 4.59. The van der Waals surface area contributed by atoms with Gasteiger partial charge in [-0.25, -0.2) is 4.98 Å². The minimum absolute atomic E-state index is 0.116. The van der Waals surface area contributed by atoms with Crippen LogP contribution in [0.1, 0.15) is 23.0 Å². The van der Waals surface area contributed by atoms with E-state index in [4.69, 9.17) is 0 Å². The van der Waals surface area contributed by atoms with Gasteiger partial charge in [0.05, 0.1) is 11.9 Å². The van der Waals surface area contributed by atoms with Crippen molar-refractivity contribution in [2.24, 2.45) is 0 Å². The average molecular weight is 352 g/mol. The van der Waals surface area contributed by atoms with E-state index in [2.05, 4.69) is 15.2 Å². The van der Waals surface area contributed by atoms with Gasteiger partial charge in [-0.3, -0.25) is 9.59 Å². The van der Waals surface area contributed by atoms with Gasteiger partial charge in [0.2, 0.25) is 5.91 Å². The van der Waals surface area contributed by atoms with Crippen molar-refractivity contribution in [1.82, 2.24) is 15.2 Å².